The molecule has 1 atom stereocenters. The maximum Gasteiger partial charge on any atom is 0.341 e. The van der Waals surface area contributed by atoms with Crippen molar-refractivity contribution < 1.29 is 23.4 Å². The van der Waals surface area contributed by atoms with Crippen LogP contribution in [0.1, 0.15) is 23.2 Å². The molecule has 1 saturated heterocycles. The molecule has 0 bridgehead atoms. The highest BCUT2D eigenvalue weighted by Crippen LogP contribution is 2.20. The Labute approximate surface area is 123 Å². The van der Waals surface area contributed by atoms with Crippen LogP contribution in [-0.4, -0.2) is 28.4 Å². The molecule has 1 unspecified atom stereocenters. The lowest BCUT2D eigenvalue weighted by atomic mass is 10.1. The van der Waals surface area contributed by atoms with Crippen molar-refractivity contribution in [2.45, 2.75) is 25.5 Å². The van der Waals surface area contributed by atoms with Crippen molar-refractivity contribution in [3.05, 3.63) is 45.8 Å². The first-order chi connectivity index (χ1) is 10.5. The molecule has 116 valence electrons. The predicted molar refractivity (Wildman–Crippen MR) is 74.1 cm³/mol. The number of benzene rings is 1. The summed E-state index contributed by atoms with van der Waals surface area (Å²) in [6.07, 6.45) is 2.70. The summed E-state index contributed by atoms with van der Waals surface area (Å²) >= 11 is 0. The van der Waals surface area contributed by atoms with Crippen molar-refractivity contribution in [3.63, 3.8) is 0 Å². The van der Waals surface area contributed by atoms with Crippen LogP contribution in [0.25, 0.3) is 10.9 Å². The lowest BCUT2D eigenvalue weighted by Crippen LogP contribution is -2.23. The monoisotopic (exact) mass is 309 g/mol. The van der Waals surface area contributed by atoms with Gasteiger partial charge in [-0.1, -0.05) is 0 Å². The first-order valence-corrected chi connectivity index (χ1v) is 6.84. The van der Waals surface area contributed by atoms with Gasteiger partial charge in [0.15, 0.2) is 11.6 Å². The van der Waals surface area contributed by atoms with E-state index in [0.29, 0.717) is 6.61 Å². The Hall–Kier alpha value is -2.28. The summed E-state index contributed by atoms with van der Waals surface area (Å²) in [5.41, 5.74) is -1.15. The van der Waals surface area contributed by atoms with Gasteiger partial charge in [-0.15, -0.1) is 0 Å². The molecule has 0 amide bonds. The highest BCUT2D eigenvalue weighted by atomic mass is 19.2. The first-order valence-electron chi connectivity index (χ1n) is 6.84. The van der Waals surface area contributed by atoms with E-state index in [4.69, 9.17) is 9.84 Å². The molecular weight excluding hydrogens is 296 g/mol. The summed E-state index contributed by atoms with van der Waals surface area (Å²) < 4.78 is 33.8. The lowest BCUT2D eigenvalue weighted by Gasteiger charge is -2.16. The van der Waals surface area contributed by atoms with Crippen LogP contribution in [0, 0.1) is 11.6 Å². The van der Waals surface area contributed by atoms with Gasteiger partial charge in [-0.2, -0.15) is 0 Å². The number of hydrogen-bond acceptors (Lipinski definition) is 3. The first kappa shape index (κ1) is 14.6. The number of carboxylic acids is 1. The summed E-state index contributed by atoms with van der Waals surface area (Å²) in [7, 11) is 0. The van der Waals surface area contributed by atoms with Crippen LogP contribution in [-0.2, 0) is 11.3 Å². The number of halogens is 2. The highest BCUT2D eigenvalue weighted by Gasteiger charge is 2.21. The summed E-state index contributed by atoms with van der Waals surface area (Å²) in [4.78, 5) is 23.3. The van der Waals surface area contributed by atoms with Crippen molar-refractivity contribution >= 4 is 16.9 Å². The van der Waals surface area contributed by atoms with Crippen molar-refractivity contribution in [1.82, 2.24) is 4.57 Å². The average Bonchev–Trinajstić information content (AvgIpc) is 2.96. The standard InChI is InChI=1S/C15H13F2NO4/c16-11-4-9-13(5-12(11)17)18(6-8-2-1-3-22-8)7-10(14(9)19)15(20)21/h4-5,7-8H,1-3,6H2,(H,20,21). The van der Waals surface area contributed by atoms with Crippen molar-refractivity contribution in [2.24, 2.45) is 0 Å². The number of carbonyl (C=O) groups is 1. The third-order valence-corrected chi connectivity index (χ3v) is 3.78. The van der Waals surface area contributed by atoms with Crippen LogP contribution in [0.15, 0.2) is 23.1 Å². The number of pyridine rings is 1. The van der Waals surface area contributed by atoms with E-state index in [0.717, 1.165) is 31.2 Å². The quantitative estimate of drug-likeness (QED) is 0.943. The zero-order chi connectivity index (χ0) is 15.9. The number of carboxylic acid groups (broad SMARTS) is 1. The molecule has 1 aliphatic heterocycles. The number of rotatable bonds is 3. The van der Waals surface area contributed by atoms with Crippen LogP contribution in [0.5, 0.6) is 0 Å². The van der Waals surface area contributed by atoms with Gasteiger partial charge in [0.05, 0.1) is 11.6 Å². The number of aromatic nitrogens is 1. The van der Waals surface area contributed by atoms with Gasteiger partial charge in [0.1, 0.15) is 5.56 Å². The van der Waals surface area contributed by atoms with Crippen LogP contribution in [0.3, 0.4) is 0 Å². The Morgan fingerprint density at radius 1 is 1.36 bits per heavy atom. The van der Waals surface area contributed by atoms with Gasteiger partial charge in [-0.05, 0) is 18.9 Å². The molecule has 1 aromatic carbocycles. The fourth-order valence-corrected chi connectivity index (χ4v) is 2.70. The minimum absolute atomic E-state index is 0.138. The molecule has 1 aliphatic rings. The van der Waals surface area contributed by atoms with Crippen molar-refractivity contribution in [2.75, 3.05) is 6.61 Å². The van der Waals surface area contributed by atoms with Crippen molar-refractivity contribution in [1.29, 1.82) is 0 Å². The van der Waals surface area contributed by atoms with Crippen molar-refractivity contribution in [3.8, 4) is 0 Å². The van der Waals surface area contributed by atoms with E-state index in [1.807, 2.05) is 0 Å². The van der Waals surface area contributed by atoms with E-state index in [-0.39, 0.29) is 23.6 Å². The highest BCUT2D eigenvalue weighted by molar-refractivity contribution is 5.92. The van der Waals surface area contributed by atoms with Crippen LogP contribution in [0.2, 0.25) is 0 Å². The molecule has 0 radical (unpaired) electrons. The number of fused-ring (bicyclic) bond motifs is 1. The molecule has 0 saturated carbocycles. The molecule has 2 heterocycles. The molecular formula is C15H13F2NO4. The summed E-state index contributed by atoms with van der Waals surface area (Å²) in [5, 5.41) is 8.97. The molecule has 0 spiro atoms. The molecule has 2 aromatic rings. The Bertz CT molecular complexity index is 809. The fourth-order valence-electron chi connectivity index (χ4n) is 2.70. The second-order valence-electron chi connectivity index (χ2n) is 5.25. The zero-order valence-corrected chi connectivity index (χ0v) is 11.5. The van der Waals surface area contributed by atoms with Gasteiger partial charge < -0.3 is 14.4 Å². The third-order valence-electron chi connectivity index (χ3n) is 3.78. The number of ether oxygens (including phenoxy) is 1. The van der Waals surface area contributed by atoms with E-state index in [1.54, 1.807) is 0 Å². The van der Waals surface area contributed by atoms with E-state index in [2.05, 4.69) is 0 Å². The van der Waals surface area contributed by atoms with Gasteiger partial charge in [0.2, 0.25) is 5.43 Å². The number of aromatic carboxylic acids is 1. The molecule has 7 heteroatoms. The average molecular weight is 309 g/mol. The second-order valence-corrected chi connectivity index (χ2v) is 5.25. The second kappa shape index (κ2) is 5.49. The smallest absolute Gasteiger partial charge is 0.341 e. The van der Waals surface area contributed by atoms with Gasteiger partial charge in [-0.3, -0.25) is 4.79 Å². The van der Waals surface area contributed by atoms with Crippen LogP contribution in [0.4, 0.5) is 8.78 Å². The molecule has 1 N–H and O–H groups in total. The minimum Gasteiger partial charge on any atom is -0.477 e. The largest absolute Gasteiger partial charge is 0.477 e. The Morgan fingerprint density at radius 3 is 2.73 bits per heavy atom. The summed E-state index contributed by atoms with van der Waals surface area (Å²) in [5.74, 6) is -3.68. The van der Waals surface area contributed by atoms with Crippen LogP contribution < -0.4 is 5.43 Å². The molecule has 3 rings (SSSR count). The van der Waals surface area contributed by atoms with E-state index < -0.39 is 28.6 Å². The predicted octanol–water partition coefficient (Wildman–Crippen LogP) is 2.16. The fraction of sp³-hybridized carbons (Fsp3) is 0.333. The Morgan fingerprint density at radius 2 is 2.09 bits per heavy atom. The van der Waals surface area contributed by atoms with Gasteiger partial charge in [-0.25, -0.2) is 13.6 Å². The van der Waals surface area contributed by atoms with Gasteiger partial charge in [0, 0.05) is 30.8 Å². The van der Waals surface area contributed by atoms with E-state index >= 15 is 0 Å². The summed E-state index contributed by atoms with van der Waals surface area (Å²) in [6.45, 7) is 0.889. The Kier molecular flexibility index (Phi) is 3.66. The molecule has 1 aromatic heterocycles. The van der Waals surface area contributed by atoms with Crippen LogP contribution >= 0.6 is 0 Å². The summed E-state index contributed by atoms with van der Waals surface area (Å²) in [6, 6.07) is 1.65. The topological polar surface area (TPSA) is 68.5 Å². The van der Waals surface area contributed by atoms with E-state index in [9.17, 15) is 18.4 Å². The van der Waals surface area contributed by atoms with Gasteiger partial charge >= 0.3 is 5.97 Å². The normalized spacial score (nSPS) is 18.0. The lowest BCUT2D eigenvalue weighted by molar-refractivity contribution is 0.0693. The number of nitrogens with zero attached hydrogens (tertiary/aromatic N) is 1. The third kappa shape index (κ3) is 2.48. The molecule has 22 heavy (non-hydrogen) atoms. The zero-order valence-electron chi connectivity index (χ0n) is 11.5. The van der Waals surface area contributed by atoms with Gasteiger partial charge in [0.25, 0.3) is 0 Å². The maximum absolute atomic E-state index is 13.5. The molecule has 1 fully saturated rings. The Balaban J connectivity index is 2.23. The molecule has 0 aliphatic carbocycles. The maximum atomic E-state index is 13.5. The molecule has 5 nitrogen and oxygen atoms in total. The minimum atomic E-state index is -1.40. The number of hydrogen-bond donors (Lipinski definition) is 1. The van der Waals surface area contributed by atoms with E-state index in [1.165, 1.54) is 4.57 Å². The SMILES string of the molecule is O=C(O)c1cn(CC2CCCO2)c2cc(F)c(F)cc2c1=O.